The maximum absolute atomic E-state index is 12.0. The molecule has 2 heterocycles. The molecule has 5 heteroatoms. The molecular formula is C18H15N3O2. The second kappa shape index (κ2) is 6.27. The summed E-state index contributed by atoms with van der Waals surface area (Å²) in [6.45, 7) is 5.92. The highest BCUT2D eigenvalue weighted by molar-refractivity contribution is 5.76. The molecule has 114 valence electrons. The van der Waals surface area contributed by atoms with Crippen LogP contribution in [0.2, 0.25) is 0 Å². The zero-order valence-electron chi connectivity index (χ0n) is 12.6. The summed E-state index contributed by atoms with van der Waals surface area (Å²) >= 11 is 0. The lowest BCUT2D eigenvalue weighted by Crippen LogP contribution is -2.22. The smallest absolute Gasteiger partial charge is 0.302 e. The van der Waals surface area contributed by atoms with Gasteiger partial charge in [-0.15, -0.1) is 0 Å². The number of ether oxygens (including phenoxy) is 1. The molecule has 0 fully saturated rings. The number of pyridine rings is 1. The van der Waals surface area contributed by atoms with Crippen LogP contribution < -0.4 is 20.7 Å². The van der Waals surface area contributed by atoms with Gasteiger partial charge in [0.2, 0.25) is 0 Å². The number of aromatic amines is 1. The third-order valence-electron chi connectivity index (χ3n) is 3.29. The number of aromatic nitrogens is 3. The fourth-order valence-corrected chi connectivity index (χ4v) is 2.12. The standard InChI is InChI=1S/C18H15N3O2/c1-3-4-5-13-10-14(7-6-12(13)2)23-18-20-16-11-19-9-8-15(16)17(22)21-18/h3-11H,2H2,1H3,(H,20,21,22)/b4-3-,13-5-. The van der Waals surface area contributed by atoms with E-state index in [0.29, 0.717) is 16.7 Å². The van der Waals surface area contributed by atoms with Crippen LogP contribution in [0.1, 0.15) is 6.92 Å². The first-order chi connectivity index (χ1) is 11.2. The van der Waals surface area contributed by atoms with Gasteiger partial charge in [0.05, 0.1) is 17.1 Å². The van der Waals surface area contributed by atoms with Crippen LogP contribution in [0.4, 0.5) is 0 Å². The first-order valence-corrected chi connectivity index (χ1v) is 7.11. The lowest BCUT2D eigenvalue weighted by molar-refractivity contribution is 0.442. The van der Waals surface area contributed by atoms with Gasteiger partial charge < -0.3 is 4.74 Å². The molecule has 0 aliphatic heterocycles. The molecule has 0 saturated heterocycles. The molecule has 0 unspecified atom stereocenters. The highest BCUT2D eigenvalue weighted by Gasteiger charge is 2.05. The van der Waals surface area contributed by atoms with Gasteiger partial charge in [0.1, 0.15) is 5.75 Å². The predicted octanol–water partition coefficient (Wildman–Crippen LogP) is 1.88. The van der Waals surface area contributed by atoms with Gasteiger partial charge in [-0.05, 0) is 35.6 Å². The van der Waals surface area contributed by atoms with Gasteiger partial charge in [0.15, 0.2) is 0 Å². The summed E-state index contributed by atoms with van der Waals surface area (Å²) in [6.07, 6.45) is 8.88. The second-order valence-corrected chi connectivity index (χ2v) is 4.92. The van der Waals surface area contributed by atoms with Gasteiger partial charge in [-0.3, -0.25) is 14.8 Å². The Balaban J connectivity index is 2.03. The first kappa shape index (κ1) is 14.7. The van der Waals surface area contributed by atoms with E-state index in [4.69, 9.17) is 4.74 Å². The predicted molar refractivity (Wildman–Crippen MR) is 90.7 cm³/mol. The minimum atomic E-state index is -0.262. The molecule has 1 N–H and O–H groups in total. The van der Waals surface area contributed by atoms with E-state index in [2.05, 4.69) is 21.5 Å². The molecule has 0 saturated carbocycles. The number of hydrogen-bond acceptors (Lipinski definition) is 4. The third-order valence-corrected chi connectivity index (χ3v) is 3.29. The van der Waals surface area contributed by atoms with Gasteiger partial charge in [0.25, 0.3) is 5.56 Å². The second-order valence-electron chi connectivity index (χ2n) is 4.92. The van der Waals surface area contributed by atoms with Crippen LogP contribution in [-0.2, 0) is 0 Å². The van der Waals surface area contributed by atoms with Crippen LogP contribution in [0.15, 0.2) is 53.6 Å². The zero-order chi connectivity index (χ0) is 16.2. The van der Waals surface area contributed by atoms with Crippen molar-refractivity contribution in [2.45, 2.75) is 6.92 Å². The average molecular weight is 305 g/mol. The van der Waals surface area contributed by atoms with Crippen molar-refractivity contribution >= 4 is 23.6 Å². The molecule has 23 heavy (non-hydrogen) atoms. The van der Waals surface area contributed by atoms with Crippen LogP contribution in [0.5, 0.6) is 11.8 Å². The molecule has 0 aliphatic rings. The fraction of sp³-hybridized carbons (Fsp3) is 0.0556. The topological polar surface area (TPSA) is 67.9 Å². The molecule has 3 aromatic rings. The Bertz CT molecular complexity index is 1050. The van der Waals surface area contributed by atoms with Crippen molar-refractivity contribution < 1.29 is 4.74 Å². The number of H-pyrrole nitrogens is 1. The van der Waals surface area contributed by atoms with Crippen molar-refractivity contribution in [3.05, 3.63) is 69.6 Å². The summed E-state index contributed by atoms with van der Waals surface area (Å²) in [5.74, 6) is 0.569. The summed E-state index contributed by atoms with van der Waals surface area (Å²) in [4.78, 5) is 22.9. The van der Waals surface area contributed by atoms with Crippen molar-refractivity contribution in [1.82, 2.24) is 15.0 Å². The van der Waals surface area contributed by atoms with Crippen molar-refractivity contribution in [2.75, 3.05) is 0 Å². The van der Waals surface area contributed by atoms with E-state index in [1.54, 1.807) is 18.3 Å². The minimum Gasteiger partial charge on any atom is -0.426 e. The molecular weight excluding hydrogens is 290 g/mol. The van der Waals surface area contributed by atoms with Crippen LogP contribution in [-0.4, -0.2) is 15.0 Å². The number of allylic oxidation sites excluding steroid dienone is 2. The number of rotatable bonds is 3. The van der Waals surface area contributed by atoms with E-state index in [-0.39, 0.29) is 11.6 Å². The number of nitrogens with one attached hydrogen (secondary N) is 1. The first-order valence-electron chi connectivity index (χ1n) is 7.11. The molecule has 0 amide bonds. The number of fused-ring (bicyclic) bond motifs is 1. The number of hydrogen-bond donors (Lipinski definition) is 1. The number of nitrogens with zero attached hydrogens (tertiary/aromatic N) is 2. The van der Waals surface area contributed by atoms with Gasteiger partial charge in [-0.25, -0.2) is 0 Å². The molecule has 0 aliphatic carbocycles. The van der Waals surface area contributed by atoms with E-state index >= 15 is 0 Å². The summed E-state index contributed by atoms with van der Waals surface area (Å²) in [6, 6.07) is 7.22. The SMILES string of the molecule is C=c1ccc(Oc2nc3cnccc3c(=O)[nH]2)c/c1=C/C=C\C. The monoisotopic (exact) mass is 305 g/mol. The number of benzene rings is 1. The van der Waals surface area contributed by atoms with Crippen molar-refractivity contribution in [3.63, 3.8) is 0 Å². The van der Waals surface area contributed by atoms with Crippen LogP contribution in [0.25, 0.3) is 23.6 Å². The highest BCUT2D eigenvalue weighted by atomic mass is 16.5. The van der Waals surface area contributed by atoms with Crippen molar-refractivity contribution in [3.8, 4) is 11.8 Å². The Hall–Kier alpha value is -3.21. The normalized spacial score (nSPS) is 12.1. The molecule has 1 aromatic carbocycles. The largest absolute Gasteiger partial charge is 0.426 e. The molecule has 0 atom stereocenters. The Morgan fingerprint density at radius 3 is 3.00 bits per heavy atom. The van der Waals surface area contributed by atoms with E-state index in [9.17, 15) is 4.79 Å². The summed E-state index contributed by atoms with van der Waals surface area (Å²) in [5, 5.41) is 2.30. The summed E-state index contributed by atoms with van der Waals surface area (Å²) in [7, 11) is 0. The zero-order valence-corrected chi connectivity index (χ0v) is 12.6. The van der Waals surface area contributed by atoms with E-state index in [1.165, 1.54) is 6.20 Å². The van der Waals surface area contributed by atoms with E-state index in [1.807, 2.05) is 37.3 Å². The van der Waals surface area contributed by atoms with E-state index in [0.717, 1.165) is 10.4 Å². The molecule has 2 aromatic heterocycles. The fourth-order valence-electron chi connectivity index (χ4n) is 2.12. The quantitative estimate of drug-likeness (QED) is 0.802. The Labute approximate surface area is 132 Å². The van der Waals surface area contributed by atoms with Crippen LogP contribution >= 0.6 is 0 Å². The summed E-state index contributed by atoms with van der Waals surface area (Å²) in [5.41, 5.74) is 0.225. The lowest BCUT2D eigenvalue weighted by Gasteiger charge is -2.05. The average Bonchev–Trinajstić information content (AvgIpc) is 2.55. The minimum absolute atomic E-state index is 0.129. The Morgan fingerprint density at radius 1 is 1.30 bits per heavy atom. The van der Waals surface area contributed by atoms with Crippen molar-refractivity contribution in [1.29, 1.82) is 0 Å². The molecule has 0 radical (unpaired) electrons. The summed E-state index contributed by atoms with van der Waals surface area (Å²) < 4.78 is 5.68. The van der Waals surface area contributed by atoms with Crippen LogP contribution in [0.3, 0.4) is 0 Å². The van der Waals surface area contributed by atoms with Gasteiger partial charge in [0, 0.05) is 6.20 Å². The van der Waals surface area contributed by atoms with Gasteiger partial charge >= 0.3 is 6.01 Å². The maximum atomic E-state index is 12.0. The van der Waals surface area contributed by atoms with Crippen molar-refractivity contribution in [2.24, 2.45) is 0 Å². The molecule has 5 nitrogen and oxygen atoms in total. The Kier molecular flexibility index (Phi) is 4.01. The van der Waals surface area contributed by atoms with Crippen LogP contribution in [0, 0.1) is 0 Å². The highest BCUT2D eigenvalue weighted by Crippen LogP contribution is 2.15. The Morgan fingerprint density at radius 2 is 2.17 bits per heavy atom. The molecule has 3 rings (SSSR count). The molecule has 0 spiro atoms. The third kappa shape index (κ3) is 3.18. The lowest BCUT2D eigenvalue weighted by atomic mass is 10.2. The maximum Gasteiger partial charge on any atom is 0.302 e. The van der Waals surface area contributed by atoms with E-state index < -0.39 is 0 Å². The van der Waals surface area contributed by atoms with Gasteiger partial charge in [-0.1, -0.05) is 30.9 Å². The molecule has 0 bridgehead atoms. The van der Waals surface area contributed by atoms with Gasteiger partial charge in [-0.2, -0.15) is 4.98 Å².